The lowest BCUT2D eigenvalue weighted by Crippen LogP contribution is -2.24. The number of hydrogen-bond donors (Lipinski definition) is 0. The van der Waals surface area contributed by atoms with Crippen molar-refractivity contribution in [2.24, 2.45) is 13.0 Å². The lowest BCUT2D eigenvalue weighted by molar-refractivity contribution is -0.144. The molecule has 0 spiro atoms. The number of benzene rings is 1. The summed E-state index contributed by atoms with van der Waals surface area (Å²) in [6.45, 7) is 10.6. The minimum absolute atomic E-state index is 0.125. The Hall–Kier alpha value is -1.81. The number of esters is 1. The highest BCUT2D eigenvalue weighted by Crippen LogP contribution is 2.34. The number of fused-ring (bicyclic) bond motifs is 2. The van der Waals surface area contributed by atoms with Gasteiger partial charge < -0.3 is 9.30 Å². The number of hydrogen-bond acceptors (Lipinski definition) is 3. The van der Waals surface area contributed by atoms with Crippen LogP contribution < -0.4 is 0 Å². The molecule has 1 aromatic carbocycles. The Balaban J connectivity index is 2.04. The molecule has 0 radical (unpaired) electrons. The molecule has 0 saturated carbocycles. The molecule has 0 saturated heterocycles. The zero-order valence-electron chi connectivity index (χ0n) is 15.6. The van der Waals surface area contributed by atoms with Crippen molar-refractivity contribution < 1.29 is 9.53 Å². The van der Waals surface area contributed by atoms with E-state index in [1.807, 2.05) is 6.92 Å². The molecule has 4 heteroatoms. The van der Waals surface area contributed by atoms with Crippen LogP contribution in [0.5, 0.6) is 0 Å². The Morgan fingerprint density at radius 3 is 2.42 bits per heavy atom. The number of aryl methyl sites for hydroxylation is 1. The highest BCUT2D eigenvalue weighted by molar-refractivity contribution is 5.88. The second-order valence-electron chi connectivity index (χ2n) is 7.39. The van der Waals surface area contributed by atoms with Gasteiger partial charge in [-0.15, -0.1) is 0 Å². The van der Waals surface area contributed by atoms with E-state index in [2.05, 4.69) is 49.4 Å². The Morgan fingerprint density at radius 1 is 1.21 bits per heavy atom. The first kappa shape index (κ1) is 17.0. The number of carbonyl (C=O) groups excluding carboxylic acids is 1. The molecule has 1 unspecified atom stereocenters. The molecule has 2 heterocycles. The molecular formula is C20H28N2O2. The molecule has 0 amide bonds. The van der Waals surface area contributed by atoms with Crippen LogP contribution >= 0.6 is 0 Å². The summed E-state index contributed by atoms with van der Waals surface area (Å²) in [6.07, 6.45) is 0.725. The molecule has 1 aromatic heterocycles. The molecule has 4 nitrogen and oxygen atoms in total. The molecule has 1 aliphatic rings. The van der Waals surface area contributed by atoms with Gasteiger partial charge in [0.2, 0.25) is 0 Å². The first-order valence-electron chi connectivity index (χ1n) is 8.75. The number of rotatable bonds is 4. The van der Waals surface area contributed by atoms with Gasteiger partial charge in [0.1, 0.15) is 0 Å². The minimum Gasteiger partial charge on any atom is -0.469 e. The van der Waals surface area contributed by atoms with Gasteiger partial charge >= 0.3 is 5.97 Å². The van der Waals surface area contributed by atoms with Crippen LogP contribution in [0.25, 0.3) is 10.9 Å². The maximum Gasteiger partial charge on any atom is 0.308 e. The zero-order chi connectivity index (χ0) is 17.6. The average molecular weight is 328 g/mol. The standard InChI is InChI=1S/C20H28N2O2/c1-12(2)22-10-15-8-18-17(7-13(3)20(23)24-6)14(4)21(5)19(18)9-16(15)11-22/h8-9,12-13H,7,10-11H2,1-6H3. The van der Waals surface area contributed by atoms with Crippen molar-refractivity contribution in [1.82, 2.24) is 9.47 Å². The van der Waals surface area contributed by atoms with Crippen LogP contribution in [-0.4, -0.2) is 28.6 Å². The Morgan fingerprint density at radius 2 is 1.83 bits per heavy atom. The molecule has 0 bridgehead atoms. The monoisotopic (exact) mass is 328 g/mol. The van der Waals surface area contributed by atoms with Gasteiger partial charge in [-0.05, 0) is 56.0 Å². The highest BCUT2D eigenvalue weighted by atomic mass is 16.5. The molecule has 3 rings (SSSR count). The molecule has 1 aliphatic heterocycles. The van der Waals surface area contributed by atoms with Gasteiger partial charge in [-0.25, -0.2) is 0 Å². The molecule has 0 N–H and O–H groups in total. The first-order chi connectivity index (χ1) is 11.3. The van der Waals surface area contributed by atoms with Crippen molar-refractivity contribution in [2.75, 3.05) is 7.11 Å². The summed E-state index contributed by atoms with van der Waals surface area (Å²) < 4.78 is 7.16. The lowest BCUT2D eigenvalue weighted by Gasteiger charge is -2.18. The first-order valence-corrected chi connectivity index (χ1v) is 8.75. The van der Waals surface area contributed by atoms with Gasteiger partial charge in [0.05, 0.1) is 13.0 Å². The molecular weight excluding hydrogens is 300 g/mol. The highest BCUT2D eigenvalue weighted by Gasteiger charge is 2.25. The second-order valence-corrected chi connectivity index (χ2v) is 7.39. The van der Waals surface area contributed by atoms with E-state index < -0.39 is 0 Å². The molecule has 2 aromatic rings. The summed E-state index contributed by atoms with van der Waals surface area (Å²) in [5, 5.41) is 1.29. The maximum absolute atomic E-state index is 11.8. The van der Waals surface area contributed by atoms with Crippen molar-refractivity contribution in [3.63, 3.8) is 0 Å². The summed E-state index contributed by atoms with van der Waals surface area (Å²) >= 11 is 0. The van der Waals surface area contributed by atoms with Crippen LogP contribution in [0.15, 0.2) is 12.1 Å². The van der Waals surface area contributed by atoms with Crippen molar-refractivity contribution in [1.29, 1.82) is 0 Å². The van der Waals surface area contributed by atoms with Crippen LogP contribution in [0.1, 0.15) is 43.2 Å². The summed E-state index contributed by atoms with van der Waals surface area (Å²) in [6, 6.07) is 5.24. The quantitative estimate of drug-likeness (QED) is 0.805. The predicted molar refractivity (Wildman–Crippen MR) is 96.9 cm³/mol. The Labute approximate surface area is 144 Å². The van der Waals surface area contributed by atoms with E-state index >= 15 is 0 Å². The molecule has 0 aliphatic carbocycles. The third-order valence-corrected chi connectivity index (χ3v) is 5.54. The molecule has 130 valence electrons. The fourth-order valence-corrected chi connectivity index (χ4v) is 3.77. The van der Waals surface area contributed by atoms with Gasteiger partial charge in [-0.1, -0.05) is 6.92 Å². The largest absolute Gasteiger partial charge is 0.469 e. The van der Waals surface area contributed by atoms with Crippen LogP contribution in [0, 0.1) is 12.8 Å². The topological polar surface area (TPSA) is 34.5 Å². The molecule has 0 fully saturated rings. The van der Waals surface area contributed by atoms with Gasteiger partial charge in [0, 0.05) is 42.8 Å². The Bertz CT molecular complexity index is 789. The summed E-state index contributed by atoms with van der Waals surface area (Å²) in [5.41, 5.74) is 6.64. The lowest BCUT2D eigenvalue weighted by atomic mass is 9.97. The van der Waals surface area contributed by atoms with E-state index in [9.17, 15) is 4.79 Å². The number of methoxy groups -OCH3 is 1. The summed E-state index contributed by atoms with van der Waals surface area (Å²) in [4.78, 5) is 14.3. The third-order valence-electron chi connectivity index (χ3n) is 5.54. The van der Waals surface area contributed by atoms with E-state index in [0.717, 1.165) is 19.5 Å². The smallest absolute Gasteiger partial charge is 0.308 e. The van der Waals surface area contributed by atoms with Crippen LogP contribution in [-0.2, 0) is 36.1 Å². The van der Waals surface area contributed by atoms with E-state index in [1.54, 1.807) is 0 Å². The fourth-order valence-electron chi connectivity index (χ4n) is 3.77. The van der Waals surface area contributed by atoms with E-state index in [0.29, 0.717) is 6.04 Å². The fraction of sp³-hybridized carbons (Fsp3) is 0.550. The second kappa shape index (κ2) is 6.25. The van der Waals surface area contributed by atoms with Crippen molar-refractivity contribution in [3.05, 3.63) is 34.5 Å². The van der Waals surface area contributed by atoms with Crippen LogP contribution in [0.4, 0.5) is 0 Å². The number of aromatic nitrogens is 1. The van der Waals surface area contributed by atoms with Crippen LogP contribution in [0.2, 0.25) is 0 Å². The predicted octanol–water partition coefficient (Wildman–Crippen LogP) is 3.56. The molecule has 24 heavy (non-hydrogen) atoms. The van der Waals surface area contributed by atoms with Gasteiger partial charge in [-0.2, -0.15) is 0 Å². The normalized spacial score (nSPS) is 16.0. The Kier molecular flexibility index (Phi) is 4.43. The summed E-state index contributed by atoms with van der Waals surface area (Å²) in [5.74, 6) is -0.265. The minimum atomic E-state index is -0.140. The van der Waals surface area contributed by atoms with Crippen molar-refractivity contribution >= 4 is 16.9 Å². The zero-order valence-corrected chi connectivity index (χ0v) is 15.6. The van der Waals surface area contributed by atoms with Gasteiger partial charge in [0.15, 0.2) is 0 Å². The maximum atomic E-state index is 11.8. The average Bonchev–Trinajstić information content (AvgIpc) is 3.07. The number of carbonyl (C=O) groups is 1. The van der Waals surface area contributed by atoms with Gasteiger partial charge in [-0.3, -0.25) is 9.69 Å². The number of nitrogens with zero attached hydrogens (tertiary/aromatic N) is 2. The van der Waals surface area contributed by atoms with E-state index in [-0.39, 0.29) is 11.9 Å². The van der Waals surface area contributed by atoms with Crippen LogP contribution in [0.3, 0.4) is 0 Å². The van der Waals surface area contributed by atoms with E-state index in [1.165, 1.54) is 40.4 Å². The van der Waals surface area contributed by atoms with Gasteiger partial charge in [0.25, 0.3) is 0 Å². The van der Waals surface area contributed by atoms with E-state index in [4.69, 9.17) is 4.74 Å². The van der Waals surface area contributed by atoms with Crippen molar-refractivity contribution in [2.45, 2.75) is 53.2 Å². The summed E-state index contributed by atoms with van der Waals surface area (Å²) in [7, 11) is 3.58. The third kappa shape index (κ3) is 2.73. The van der Waals surface area contributed by atoms with Crippen molar-refractivity contribution in [3.8, 4) is 0 Å². The molecule has 1 atom stereocenters. The SMILES string of the molecule is COC(=O)C(C)Cc1c(C)n(C)c2cc3c(cc12)CN(C(C)C)C3. The number of ether oxygens (including phenoxy) is 1.